The third-order valence-corrected chi connectivity index (χ3v) is 6.28. The summed E-state index contributed by atoms with van der Waals surface area (Å²) in [7, 11) is 1.62. The zero-order valence-corrected chi connectivity index (χ0v) is 17.8. The summed E-state index contributed by atoms with van der Waals surface area (Å²) in [5, 5.41) is 4.55. The molecular weight excluding hydrogens is 396 g/mol. The third kappa shape index (κ3) is 3.24. The number of piperidine rings is 1. The molecule has 4 heterocycles. The van der Waals surface area contributed by atoms with Crippen molar-refractivity contribution in [2.45, 2.75) is 32.2 Å². The van der Waals surface area contributed by atoms with Gasteiger partial charge in [-0.05, 0) is 50.5 Å². The van der Waals surface area contributed by atoms with Crippen molar-refractivity contribution < 1.29 is 14.3 Å². The van der Waals surface area contributed by atoms with Gasteiger partial charge >= 0.3 is 6.03 Å². The molecule has 3 aliphatic rings. The summed E-state index contributed by atoms with van der Waals surface area (Å²) in [6.45, 7) is 3.88. The number of rotatable bonds is 4. The van der Waals surface area contributed by atoms with E-state index in [-0.39, 0.29) is 24.5 Å². The number of amidine groups is 1. The number of carbonyl (C=O) groups is 2. The van der Waals surface area contributed by atoms with Crippen LogP contribution in [-0.4, -0.2) is 76.7 Å². The summed E-state index contributed by atoms with van der Waals surface area (Å²) in [5.41, 5.74) is 1.55. The van der Waals surface area contributed by atoms with Crippen molar-refractivity contribution in [1.29, 1.82) is 0 Å². The number of carbonyl (C=O) groups excluding carboxylic acids is 2. The van der Waals surface area contributed by atoms with Crippen LogP contribution in [0.5, 0.6) is 5.75 Å². The second-order valence-electron chi connectivity index (χ2n) is 8.15. The smallest absolute Gasteiger partial charge is 0.331 e. The fourth-order valence-corrected chi connectivity index (χ4v) is 4.61. The number of urea groups is 1. The molecule has 0 aliphatic carbocycles. The first-order chi connectivity index (χ1) is 15.1. The number of methoxy groups -OCH3 is 1. The first-order valence-electron chi connectivity index (χ1n) is 10.7. The minimum Gasteiger partial charge on any atom is -0.497 e. The summed E-state index contributed by atoms with van der Waals surface area (Å²) in [4.78, 5) is 36.2. The highest BCUT2D eigenvalue weighted by molar-refractivity contribution is 6.20. The van der Waals surface area contributed by atoms with Crippen LogP contribution >= 0.6 is 0 Å². The van der Waals surface area contributed by atoms with Gasteiger partial charge < -0.3 is 9.64 Å². The van der Waals surface area contributed by atoms with E-state index >= 15 is 0 Å². The van der Waals surface area contributed by atoms with E-state index in [1.54, 1.807) is 27.8 Å². The fourth-order valence-electron chi connectivity index (χ4n) is 4.61. The molecule has 3 aliphatic heterocycles. The highest BCUT2D eigenvalue weighted by Gasteiger charge is 2.42. The van der Waals surface area contributed by atoms with E-state index in [1.165, 1.54) is 0 Å². The van der Waals surface area contributed by atoms with Gasteiger partial charge in [0.1, 0.15) is 18.1 Å². The number of aromatic nitrogens is 2. The van der Waals surface area contributed by atoms with E-state index in [0.717, 1.165) is 42.8 Å². The molecule has 0 N–H and O–H groups in total. The van der Waals surface area contributed by atoms with E-state index < -0.39 is 0 Å². The van der Waals surface area contributed by atoms with Crippen LogP contribution in [0.4, 0.5) is 10.6 Å². The lowest BCUT2D eigenvalue weighted by molar-refractivity contribution is -0.132. The van der Waals surface area contributed by atoms with Crippen LogP contribution < -0.4 is 9.64 Å². The summed E-state index contributed by atoms with van der Waals surface area (Å²) in [6, 6.07) is 7.42. The first kappa shape index (κ1) is 19.6. The van der Waals surface area contributed by atoms with Gasteiger partial charge in [-0.15, -0.1) is 0 Å². The lowest BCUT2D eigenvalue weighted by atomic mass is 10.0. The minimum atomic E-state index is -0.225. The number of benzene rings is 1. The number of aliphatic imine (C=N–C) groups is 1. The Morgan fingerprint density at radius 2 is 2.00 bits per heavy atom. The maximum Gasteiger partial charge on any atom is 0.331 e. The highest BCUT2D eigenvalue weighted by atomic mass is 16.5. The van der Waals surface area contributed by atoms with Crippen molar-refractivity contribution in [3.8, 4) is 11.4 Å². The van der Waals surface area contributed by atoms with Crippen molar-refractivity contribution in [3.63, 3.8) is 0 Å². The number of ether oxygens (including phenoxy) is 1. The van der Waals surface area contributed by atoms with Crippen LogP contribution in [-0.2, 0) is 4.79 Å². The van der Waals surface area contributed by atoms with Crippen LogP contribution in [0.1, 0.15) is 31.7 Å². The zero-order chi connectivity index (χ0) is 21.5. The van der Waals surface area contributed by atoms with Crippen LogP contribution in [0.25, 0.3) is 5.69 Å². The molecule has 0 unspecified atom stereocenters. The van der Waals surface area contributed by atoms with E-state index in [9.17, 15) is 9.59 Å². The minimum absolute atomic E-state index is 0.0121. The summed E-state index contributed by atoms with van der Waals surface area (Å²) in [6.07, 6.45) is 4.86. The Morgan fingerprint density at radius 3 is 2.74 bits per heavy atom. The molecule has 0 bridgehead atoms. The van der Waals surface area contributed by atoms with Crippen LogP contribution in [0.2, 0.25) is 0 Å². The number of amides is 3. The van der Waals surface area contributed by atoms with Crippen molar-refractivity contribution in [2.24, 2.45) is 4.99 Å². The third-order valence-electron chi connectivity index (χ3n) is 6.28. The number of likely N-dealkylation sites (tertiary alicyclic amines) is 1. The molecule has 0 saturated carbocycles. The SMILES string of the molecule is COc1ccc(-n2ncc3c2N(CC(=O)N2CCCC[C@@H]2C)C(=O)N2CCN=C32)cc1. The molecule has 2 aromatic rings. The second kappa shape index (κ2) is 7.72. The van der Waals surface area contributed by atoms with Crippen LogP contribution in [0.15, 0.2) is 35.5 Å². The van der Waals surface area contributed by atoms with E-state index in [1.807, 2.05) is 29.2 Å². The second-order valence-corrected chi connectivity index (χ2v) is 8.15. The maximum absolute atomic E-state index is 13.4. The van der Waals surface area contributed by atoms with Crippen molar-refractivity contribution in [1.82, 2.24) is 19.6 Å². The number of hydrogen-bond acceptors (Lipinski definition) is 5. The van der Waals surface area contributed by atoms with E-state index in [2.05, 4.69) is 17.0 Å². The van der Waals surface area contributed by atoms with Gasteiger partial charge in [-0.3, -0.25) is 19.6 Å². The van der Waals surface area contributed by atoms with Gasteiger partial charge in [0, 0.05) is 19.1 Å². The zero-order valence-electron chi connectivity index (χ0n) is 17.8. The van der Waals surface area contributed by atoms with Crippen LogP contribution in [0.3, 0.4) is 0 Å². The van der Waals surface area contributed by atoms with Gasteiger partial charge in [0.05, 0.1) is 31.1 Å². The van der Waals surface area contributed by atoms with Gasteiger partial charge in [-0.1, -0.05) is 0 Å². The van der Waals surface area contributed by atoms with Gasteiger partial charge in [-0.2, -0.15) is 5.10 Å². The average molecular weight is 422 g/mol. The van der Waals surface area contributed by atoms with E-state index in [4.69, 9.17) is 4.74 Å². The number of nitrogens with zero attached hydrogens (tertiary/aromatic N) is 6. The summed E-state index contributed by atoms with van der Waals surface area (Å²) < 4.78 is 6.96. The molecule has 9 nitrogen and oxygen atoms in total. The molecule has 1 aromatic heterocycles. The van der Waals surface area contributed by atoms with Crippen LogP contribution in [0, 0.1) is 0 Å². The maximum atomic E-state index is 13.4. The number of hydrogen-bond donors (Lipinski definition) is 0. The molecule has 1 aromatic carbocycles. The highest BCUT2D eigenvalue weighted by Crippen LogP contribution is 2.33. The molecule has 0 spiro atoms. The van der Waals surface area contributed by atoms with Gasteiger partial charge in [0.15, 0.2) is 5.82 Å². The molecule has 1 fully saturated rings. The first-order valence-corrected chi connectivity index (χ1v) is 10.7. The fraction of sp³-hybridized carbons (Fsp3) is 0.455. The molecule has 0 radical (unpaired) electrons. The lowest BCUT2D eigenvalue weighted by Crippen LogP contribution is -2.55. The van der Waals surface area contributed by atoms with Crippen molar-refractivity contribution in [3.05, 3.63) is 36.0 Å². The molecule has 9 heteroatoms. The molecule has 3 amide bonds. The van der Waals surface area contributed by atoms with Gasteiger partial charge in [-0.25, -0.2) is 9.48 Å². The van der Waals surface area contributed by atoms with Crippen molar-refractivity contribution in [2.75, 3.05) is 38.2 Å². The standard InChI is InChI=1S/C22H26N6O3/c1-15-5-3-4-11-25(15)19(29)14-27-21-18(20-23-10-12-26(20)22(27)30)13-24-28(21)16-6-8-17(31-2)9-7-16/h6-9,13,15H,3-5,10-12,14H2,1-2H3/t15-/m0/s1. The number of anilines is 1. The largest absolute Gasteiger partial charge is 0.497 e. The Balaban J connectivity index is 1.54. The Bertz CT molecular complexity index is 1040. The Hall–Kier alpha value is -3.36. The average Bonchev–Trinajstić information content (AvgIpc) is 3.44. The predicted molar refractivity (Wildman–Crippen MR) is 116 cm³/mol. The van der Waals surface area contributed by atoms with Gasteiger partial charge in [0.25, 0.3) is 0 Å². The Kier molecular flexibility index (Phi) is 4.88. The lowest BCUT2D eigenvalue weighted by Gasteiger charge is -2.37. The number of fused-ring (bicyclic) bond motifs is 3. The Labute approximate surface area is 180 Å². The normalized spacial score (nSPS) is 20.5. The molecule has 162 valence electrons. The molecular formula is C22H26N6O3. The Morgan fingerprint density at radius 1 is 1.19 bits per heavy atom. The van der Waals surface area contributed by atoms with Crippen molar-refractivity contribution >= 4 is 23.6 Å². The molecule has 31 heavy (non-hydrogen) atoms. The monoisotopic (exact) mass is 422 g/mol. The summed E-state index contributed by atoms with van der Waals surface area (Å²) >= 11 is 0. The summed E-state index contributed by atoms with van der Waals surface area (Å²) in [5.74, 6) is 1.92. The molecule has 5 rings (SSSR count). The quantitative estimate of drug-likeness (QED) is 0.757. The molecule has 1 atom stereocenters. The topological polar surface area (TPSA) is 83.3 Å². The van der Waals surface area contributed by atoms with Gasteiger partial charge in [0.2, 0.25) is 5.91 Å². The predicted octanol–water partition coefficient (Wildman–Crippen LogP) is 2.28. The molecule has 1 saturated heterocycles. The van der Waals surface area contributed by atoms with E-state index in [0.29, 0.717) is 24.7 Å².